The van der Waals surface area contributed by atoms with Crippen molar-refractivity contribution in [1.29, 1.82) is 0 Å². The van der Waals surface area contributed by atoms with E-state index in [9.17, 15) is 4.79 Å². The van der Waals surface area contributed by atoms with Gasteiger partial charge < -0.3 is 5.32 Å². The fourth-order valence-electron chi connectivity index (χ4n) is 2.11. The third kappa shape index (κ3) is 3.26. The Morgan fingerprint density at radius 2 is 1.81 bits per heavy atom. The van der Waals surface area contributed by atoms with Crippen molar-refractivity contribution in [1.82, 2.24) is 19.5 Å². The van der Waals surface area contributed by atoms with Gasteiger partial charge in [0, 0.05) is 11.6 Å². The Kier molecular flexibility index (Phi) is 4.67. The summed E-state index contributed by atoms with van der Waals surface area (Å²) in [5.74, 6) is 0.600. The van der Waals surface area contributed by atoms with Crippen LogP contribution in [0.1, 0.15) is 38.1 Å². The molecule has 0 saturated carbocycles. The molecule has 2 aromatic heterocycles. The van der Waals surface area contributed by atoms with Crippen LogP contribution >= 0.6 is 0 Å². The Bertz CT molecular complexity index is 613. The van der Waals surface area contributed by atoms with Gasteiger partial charge in [-0.3, -0.25) is 9.36 Å². The van der Waals surface area contributed by atoms with Crippen molar-refractivity contribution < 1.29 is 4.79 Å². The molecule has 0 bridgehead atoms. The molecule has 0 atom stereocenters. The Hall–Kier alpha value is -2.24. The average molecular weight is 287 g/mol. The standard InChI is InChI=1S/C15H21N5O/c1-5-12(6-2)14(21)19-13-7-16-15(17-8-13)20-9-18-10(3)11(20)4/h7-9,12H,5-6H2,1-4H3,(H,19,21). The van der Waals surface area contributed by atoms with Crippen LogP contribution in [0, 0.1) is 19.8 Å². The minimum Gasteiger partial charge on any atom is -0.323 e. The molecule has 2 heterocycles. The lowest BCUT2D eigenvalue weighted by Crippen LogP contribution is -2.21. The molecule has 2 rings (SSSR count). The van der Waals surface area contributed by atoms with Crippen molar-refractivity contribution in [3.8, 4) is 5.95 Å². The lowest BCUT2D eigenvalue weighted by Gasteiger charge is -2.12. The number of nitrogens with zero attached hydrogens (tertiary/aromatic N) is 4. The van der Waals surface area contributed by atoms with E-state index in [1.54, 1.807) is 18.7 Å². The molecule has 0 unspecified atom stereocenters. The second-order valence-corrected chi connectivity index (χ2v) is 5.06. The summed E-state index contributed by atoms with van der Waals surface area (Å²) < 4.78 is 1.82. The third-order valence-electron chi connectivity index (χ3n) is 3.73. The highest BCUT2D eigenvalue weighted by atomic mass is 16.1. The SMILES string of the molecule is CCC(CC)C(=O)Nc1cnc(-n2cnc(C)c2C)nc1. The van der Waals surface area contributed by atoms with E-state index < -0.39 is 0 Å². The van der Waals surface area contributed by atoms with Crippen LogP contribution in [0.2, 0.25) is 0 Å². The number of aryl methyl sites for hydroxylation is 1. The van der Waals surface area contributed by atoms with E-state index in [0.29, 0.717) is 11.6 Å². The molecule has 0 saturated heterocycles. The number of carbonyl (C=O) groups excluding carboxylic acids is 1. The number of nitrogens with one attached hydrogen (secondary N) is 1. The maximum absolute atomic E-state index is 12.0. The fraction of sp³-hybridized carbons (Fsp3) is 0.467. The Labute approximate surface area is 124 Å². The number of carbonyl (C=O) groups is 1. The second kappa shape index (κ2) is 6.47. The first-order valence-corrected chi connectivity index (χ1v) is 7.20. The van der Waals surface area contributed by atoms with Crippen LogP contribution in [0.4, 0.5) is 5.69 Å². The highest BCUT2D eigenvalue weighted by Crippen LogP contribution is 2.14. The van der Waals surface area contributed by atoms with E-state index in [-0.39, 0.29) is 11.8 Å². The van der Waals surface area contributed by atoms with E-state index in [1.807, 2.05) is 32.3 Å². The number of hydrogen-bond donors (Lipinski definition) is 1. The van der Waals surface area contributed by atoms with Gasteiger partial charge in [-0.1, -0.05) is 13.8 Å². The second-order valence-electron chi connectivity index (χ2n) is 5.06. The molecule has 0 aliphatic carbocycles. The van der Waals surface area contributed by atoms with Crippen LogP contribution < -0.4 is 5.32 Å². The van der Waals surface area contributed by atoms with Crippen LogP contribution in [0.3, 0.4) is 0 Å². The van der Waals surface area contributed by atoms with Gasteiger partial charge in [0.2, 0.25) is 11.9 Å². The molecule has 0 aliphatic heterocycles. The minimum atomic E-state index is 0.0194. The molecule has 1 N–H and O–H groups in total. The summed E-state index contributed by atoms with van der Waals surface area (Å²) in [5.41, 5.74) is 2.57. The van der Waals surface area contributed by atoms with Gasteiger partial charge in [-0.25, -0.2) is 15.0 Å². The zero-order valence-electron chi connectivity index (χ0n) is 12.9. The van der Waals surface area contributed by atoms with Crippen LogP contribution in [-0.2, 0) is 4.79 Å². The highest BCUT2D eigenvalue weighted by Gasteiger charge is 2.14. The molecule has 21 heavy (non-hydrogen) atoms. The lowest BCUT2D eigenvalue weighted by atomic mass is 10.0. The van der Waals surface area contributed by atoms with Crippen molar-refractivity contribution >= 4 is 11.6 Å². The number of anilines is 1. The van der Waals surface area contributed by atoms with Gasteiger partial charge in [-0.2, -0.15) is 0 Å². The third-order valence-corrected chi connectivity index (χ3v) is 3.73. The first-order chi connectivity index (χ1) is 10.1. The molecule has 0 spiro atoms. The van der Waals surface area contributed by atoms with Crippen LogP contribution in [0.25, 0.3) is 5.95 Å². The minimum absolute atomic E-state index is 0.0194. The van der Waals surface area contributed by atoms with Gasteiger partial charge in [0.05, 0.1) is 23.8 Å². The fourth-order valence-corrected chi connectivity index (χ4v) is 2.11. The van der Waals surface area contributed by atoms with E-state index in [4.69, 9.17) is 0 Å². The highest BCUT2D eigenvalue weighted by molar-refractivity contribution is 5.92. The largest absolute Gasteiger partial charge is 0.323 e. The van der Waals surface area contributed by atoms with Crippen molar-refractivity contribution in [2.24, 2.45) is 5.92 Å². The zero-order valence-corrected chi connectivity index (χ0v) is 12.9. The van der Waals surface area contributed by atoms with Gasteiger partial charge in [0.1, 0.15) is 6.33 Å². The predicted molar refractivity (Wildman–Crippen MR) is 81.3 cm³/mol. The number of aromatic nitrogens is 4. The first kappa shape index (κ1) is 15.2. The quantitative estimate of drug-likeness (QED) is 0.917. The Morgan fingerprint density at radius 3 is 2.29 bits per heavy atom. The predicted octanol–water partition coefficient (Wildman–Crippen LogP) is 2.65. The summed E-state index contributed by atoms with van der Waals surface area (Å²) >= 11 is 0. The molecule has 112 valence electrons. The molecular weight excluding hydrogens is 266 g/mol. The summed E-state index contributed by atoms with van der Waals surface area (Å²) in [4.78, 5) is 24.8. The molecule has 6 nitrogen and oxygen atoms in total. The van der Waals surface area contributed by atoms with Crippen molar-refractivity contribution in [3.05, 3.63) is 30.1 Å². The molecule has 6 heteroatoms. The van der Waals surface area contributed by atoms with E-state index >= 15 is 0 Å². The zero-order chi connectivity index (χ0) is 15.4. The molecule has 0 radical (unpaired) electrons. The maximum Gasteiger partial charge on any atom is 0.235 e. The Balaban J connectivity index is 2.12. The lowest BCUT2D eigenvalue weighted by molar-refractivity contribution is -0.120. The van der Waals surface area contributed by atoms with Gasteiger partial charge in [0.15, 0.2) is 0 Å². The van der Waals surface area contributed by atoms with Crippen LogP contribution in [0.5, 0.6) is 0 Å². The number of amides is 1. The van der Waals surface area contributed by atoms with Crippen molar-refractivity contribution in [2.45, 2.75) is 40.5 Å². The van der Waals surface area contributed by atoms with E-state index in [0.717, 1.165) is 24.2 Å². The number of hydrogen-bond acceptors (Lipinski definition) is 4. The van der Waals surface area contributed by atoms with Crippen molar-refractivity contribution in [3.63, 3.8) is 0 Å². The molecule has 0 fully saturated rings. The molecule has 0 aromatic carbocycles. The Morgan fingerprint density at radius 1 is 1.19 bits per heavy atom. The molecular formula is C15H21N5O. The molecule has 2 aromatic rings. The monoisotopic (exact) mass is 287 g/mol. The van der Waals surface area contributed by atoms with Gasteiger partial charge in [-0.05, 0) is 26.7 Å². The van der Waals surface area contributed by atoms with Crippen LogP contribution in [0.15, 0.2) is 18.7 Å². The number of imidazole rings is 1. The summed E-state index contributed by atoms with van der Waals surface area (Å²) in [6.45, 7) is 7.93. The first-order valence-electron chi connectivity index (χ1n) is 7.20. The van der Waals surface area contributed by atoms with Crippen molar-refractivity contribution in [2.75, 3.05) is 5.32 Å². The van der Waals surface area contributed by atoms with Gasteiger partial charge in [0.25, 0.3) is 0 Å². The maximum atomic E-state index is 12.0. The number of rotatable bonds is 5. The average Bonchev–Trinajstić information content (AvgIpc) is 2.81. The summed E-state index contributed by atoms with van der Waals surface area (Å²) in [6, 6.07) is 0. The normalized spacial score (nSPS) is 10.9. The molecule has 1 amide bonds. The van der Waals surface area contributed by atoms with Gasteiger partial charge in [-0.15, -0.1) is 0 Å². The van der Waals surface area contributed by atoms with Crippen LogP contribution in [-0.4, -0.2) is 25.4 Å². The molecule has 0 aliphatic rings. The summed E-state index contributed by atoms with van der Waals surface area (Å²) in [7, 11) is 0. The van der Waals surface area contributed by atoms with Gasteiger partial charge >= 0.3 is 0 Å². The smallest absolute Gasteiger partial charge is 0.235 e. The summed E-state index contributed by atoms with van der Waals surface area (Å²) in [6.07, 6.45) is 6.60. The van der Waals surface area contributed by atoms with E-state index in [1.165, 1.54) is 0 Å². The topological polar surface area (TPSA) is 72.7 Å². The summed E-state index contributed by atoms with van der Waals surface area (Å²) in [5, 5.41) is 2.85. The van der Waals surface area contributed by atoms with E-state index in [2.05, 4.69) is 20.3 Å².